The molecule has 26 heavy (non-hydrogen) atoms. The zero-order chi connectivity index (χ0) is 17.9. The van der Waals surface area contributed by atoms with E-state index in [9.17, 15) is 0 Å². The van der Waals surface area contributed by atoms with Gasteiger partial charge in [0.25, 0.3) is 0 Å². The summed E-state index contributed by atoms with van der Waals surface area (Å²) in [5.74, 6) is 2.44. The zero-order valence-electron chi connectivity index (χ0n) is 15.8. The van der Waals surface area contributed by atoms with Gasteiger partial charge in [0.05, 0.1) is 31.3 Å². The lowest BCUT2D eigenvalue weighted by Gasteiger charge is -2.37. The molecule has 0 radical (unpaired) electrons. The quantitative estimate of drug-likeness (QED) is 0.833. The number of anilines is 1. The van der Waals surface area contributed by atoms with Gasteiger partial charge in [-0.1, -0.05) is 0 Å². The smallest absolute Gasteiger partial charge is 0.174 e. The number of aryl methyl sites for hydroxylation is 2. The number of rotatable bonds is 4. The number of hydrogen-bond donors (Lipinski definition) is 0. The van der Waals surface area contributed by atoms with Crippen LogP contribution in [0.15, 0.2) is 18.5 Å². The van der Waals surface area contributed by atoms with Crippen molar-refractivity contribution in [1.82, 2.24) is 24.6 Å². The molecule has 140 valence electrons. The van der Waals surface area contributed by atoms with Gasteiger partial charge in [-0.2, -0.15) is 5.10 Å². The second kappa shape index (κ2) is 7.72. The maximum Gasteiger partial charge on any atom is 0.174 e. The molecule has 1 unspecified atom stereocenters. The van der Waals surface area contributed by atoms with Gasteiger partial charge >= 0.3 is 0 Å². The summed E-state index contributed by atoms with van der Waals surface area (Å²) in [6, 6.07) is 2.06. The van der Waals surface area contributed by atoms with E-state index in [4.69, 9.17) is 9.72 Å². The van der Waals surface area contributed by atoms with E-state index in [1.165, 1.54) is 12.8 Å². The van der Waals surface area contributed by atoms with Crippen LogP contribution >= 0.6 is 0 Å². The molecule has 0 amide bonds. The van der Waals surface area contributed by atoms with Crippen LogP contribution in [-0.4, -0.2) is 70.6 Å². The molecule has 1 atom stereocenters. The number of hydrogen-bond acceptors (Lipinski definition) is 6. The third-order valence-corrected chi connectivity index (χ3v) is 5.30. The third kappa shape index (κ3) is 3.88. The molecule has 2 aromatic heterocycles. The summed E-state index contributed by atoms with van der Waals surface area (Å²) in [5.41, 5.74) is 2.08. The molecule has 2 aliphatic heterocycles. The van der Waals surface area contributed by atoms with Crippen LogP contribution in [0.2, 0.25) is 0 Å². The Bertz CT molecular complexity index is 739. The van der Waals surface area contributed by atoms with Crippen LogP contribution < -0.4 is 4.90 Å². The molecular weight excluding hydrogens is 328 g/mol. The normalized spacial score (nSPS) is 21.9. The van der Waals surface area contributed by atoms with Gasteiger partial charge in [-0.3, -0.25) is 9.88 Å². The number of nitrogens with zero attached hydrogens (tertiary/aromatic N) is 6. The summed E-state index contributed by atoms with van der Waals surface area (Å²) in [4.78, 5) is 14.2. The van der Waals surface area contributed by atoms with Crippen LogP contribution in [0.25, 0.3) is 5.82 Å². The van der Waals surface area contributed by atoms with Crippen LogP contribution in [0, 0.1) is 19.8 Å². The Labute approximate surface area is 155 Å². The summed E-state index contributed by atoms with van der Waals surface area (Å²) in [6.07, 6.45) is 6.17. The lowest BCUT2D eigenvalue weighted by molar-refractivity contribution is 0.0296. The van der Waals surface area contributed by atoms with Crippen molar-refractivity contribution in [3.8, 4) is 5.82 Å². The molecule has 2 aromatic rings. The molecule has 0 aromatic carbocycles. The molecular formula is C19H28N6O. The van der Waals surface area contributed by atoms with E-state index < -0.39 is 0 Å². The average molecular weight is 356 g/mol. The fourth-order valence-corrected chi connectivity index (χ4v) is 4.03. The first-order chi connectivity index (χ1) is 12.7. The highest BCUT2D eigenvalue weighted by Gasteiger charge is 2.24. The standard InChI is InChI=1S/C19H28N6O/c1-15-10-16(2)25(22-15)19-12-20-11-18(21-19)24-5-3-4-17(14-24)13-23-6-8-26-9-7-23/h10-12,17H,3-9,13-14H2,1-2H3. The van der Waals surface area contributed by atoms with Crippen LogP contribution in [0.4, 0.5) is 5.82 Å². The third-order valence-electron chi connectivity index (χ3n) is 5.30. The molecule has 0 aliphatic carbocycles. The van der Waals surface area contributed by atoms with Crippen LogP contribution in [0.3, 0.4) is 0 Å². The molecule has 4 rings (SSSR count). The summed E-state index contributed by atoms with van der Waals surface area (Å²) in [7, 11) is 0. The molecule has 0 N–H and O–H groups in total. The molecule has 2 saturated heterocycles. The van der Waals surface area contributed by atoms with Crippen LogP contribution in [-0.2, 0) is 4.74 Å². The van der Waals surface area contributed by atoms with E-state index in [1.807, 2.05) is 24.7 Å². The van der Waals surface area contributed by atoms with Crippen molar-refractivity contribution in [2.45, 2.75) is 26.7 Å². The highest BCUT2D eigenvalue weighted by molar-refractivity contribution is 5.40. The van der Waals surface area contributed by atoms with Gasteiger partial charge < -0.3 is 9.64 Å². The molecule has 0 bridgehead atoms. The van der Waals surface area contributed by atoms with Gasteiger partial charge in [0.15, 0.2) is 5.82 Å². The topological polar surface area (TPSA) is 59.3 Å². The first-order valence-corrected chi connectivity index (χ1v) is 9.60. The number of ether oxygens (including phenoxy) is 1. The minimum Gasteiger partial charge on any atom is -0.379 e. The number of morpholine rings is 1. The van der Waals surface area contributed by atoms with E-state index in [0.29, 0.717) is 5.92 Å². The van der Waals surface area contributed by atoms with Crippen molar-refractivity contribution >= 4 is 5.82 Å². The second-order valence-corrected chi connectivity index (χ2v) is 7.44. The number of aromatic nitrogens is 4. The summed E-state index contributed by atoms with van der Waals surface area (Å²) < 4.78 is 7.34. The maximum absolute atomic E-state index is 5.47. The highest BCUT2D eigenvalue weighted by atomic mass is 16.5. The Balaban J connectivity index is 1.46. The average Bonchev–Trinajstić information content (AvgIpc) is 3.01. The second-order valence-electron chi connectivity index (χ2n) is 7.44. The van der Waals surface area contributed by atoms with Gasteiger partial charge in [-0.05, 0) is 38.7 Å². The Morgan fingerprint density at radius 3 is 2.69 bits per heavy atom. The van der Waals surface area contributed by atoms with E-state index in [2.05, 4.69) is 25.9 Å². The Kier molecular flexibility index (Phi) is 5.17. The lowest BCUT2D eigenvalue weighted by Crippen LogP contribution is -2.44. The first kappa shape index (κ1) is 17.4. The van der Waals surface area contributed by atoms with Crippen molar-refractivity contribution in [2.24, 2.45) is 5.92 Å². The van der Waals surface area contributed by atoms with Gasteiger partial charge in [-0.15, -0.1) is 0 Å². The van der Waals surface area contributed by atoms with E-state index in [0.717, 1.165) is 69.0 Å². The molecule has 2 aliphatic rings. The fraction of sp³-hybridized carbons (Fsp3) is 0.632. The predicted octanol–water partition coefficient (Wildman–Crippen LogP) is 1.83. The minimum absolute atomic E-state index is 0.681. The monoisotopic (exact) mass is 356 g/mol. The van der Waals surface area contributed by atoms with Crippen molar-refractivity contribution in [3.05, 3.63) is 29.8 Å². The molecule has 7 nitrogen and oxygen atoms in total. The van der Waals surface area contributed by atoms with Crippen molar-refractivity contribution in [2.75, 3.05) is 50.8 Å². The summed E-state index contributed by atoms with van der Waals surface area (Å²) >= 11 is 0. The van der Waals surface area contributed by atoms with Crippen molar-refractivity contribution in [3.63, 3.8) is 0 Å². The van der Waals surface area contributed by atoms with Gasteiger partial charge in [0.2, 0.25) is 0 Å². The maximum atomic E-state index is 5.47. The van der Waals surface area contributed by atoms with Crippen molar-refractivity contribution < 1.29 is 4.74 Å². The Morgan fingerprint density at radius 1 is 1.12 bits per heavy atom. The summed E-state index contributed by atoms with van der Waals surface area (Å²) in [6.45, 7) is 11.2. The van der Waals surface area contributed by atoms with Crippen LogP contribution in [0.5, 0.6) is 0 Å². The van der Waals surface area contributed by atoms with E-state index >= 15 is 0 Å². The predicted molar refractivity (Wildman–Crippen MR) is 101 cm³/mol. The SMILES string of the molecule is Cc1cc(C)n(-c2cncc(N3CCCC(CN4CCOCC4)C3)n2)n1. The zero-order valence-corrected chi connectivity index (χ0v) is 15.8. The fourth-order valence-electron chi connectivity index (χ4n) is 4.03. The van der Waals surface area contributed by atoms with Crippen LogP contribution in [0.1, 0.15) is 24.2 Å². The molecule has 7 heteroatoms. The van der Waals surface area contributed by atoms with Gasteiger partial charge in [0, 0.05) is 38.4 Å². The molecule has 0 spiro atoms. The largest absolute Gasteiger partial charge is 0.379 e. The minimum atomic E-state index is 0.681. The van der Waals surface area contributed by atoms with Gasteiger partial charge in [-0.25, -0.2) is 9.67 Å². The Morgan fingerprint density at radius 2 is 1.92 bits per heavy atom. The van der Waals surface area contributed by atoms with Crippen molar-refractivity contribution in [1.29, 1.82) is 0 Å². The molecule has 4 heterocycles. The first-order valence-electron chi connectivity index (χ1n) is 9.60. The molecule has 2 fully saturated rings. The van der Waals surface area contributed by atoms with E-state index in [1.54, 1.807) is 6.20 Å². The Hall–Kier alpha value is -1.99. The molecule has 0 saturated carbocycles. The highest BCUT2D eigenvalue weighted by Crippen LogP contribution is 2.23. The number of piperidine rings is 1. The summed E-state index contributed by atoms with van der Waals surface area (Å²) in [5, 5.41) is 4.54. The van der Waals surface area contributed by atoms with Gasteiger partial charge in [0.1, 0.15) is 5.82 Å². The van der Waals surface area contributed by atoms with E-state index in [-0.39, 0.29) is 0 Å². The lowest BCUT2D eigenvalue weighted by atomic mass is 9.97.